The summed E-state index contributed by atoms with van der Waals surface area (Å²) in [5.41, 5.74) is -0.958. The van der Waals surface area contributed by atoms with Crippen molar-refractivity contribution in [3.05, 3.63) is 40.7 Å². The van der Waals surface area contributed by atoms with Crippen molar-refractivity contribution < 1.29 is 13.2 Å². The Labute approximate surface area is 155 Å². The lowest BCUT2D eigenvalue weighted by molar-refractivity contribution is -0.136. The average molecular weight is 388 g/mol. The Kier molecular flexibility index (Phi) is 6.66. The van der Waals surface area contributed by atoms with Gasteiger partial charge in [-0.3, -0.25) is 0 Å². The molecule has 0 radical (unpaired) electrons. The van der Waals surface area contributed by atoms with E-state index in [0.717, 1.165) is 19.0 Å². The van der Waals surface area contributed by atoms with Gasteiger partial charge in [0.15, 0.2) is 0 Å². The van der Waals surface area contributed by atoms with Gasteiger partial charge < -0.3 is 15.5 Å². The minimum absolute atomic E-state index is 0.0185. The maximum Gasteiger partial charge on any atom is 0.418 e. The fourth-order valence-corrected chi connectivity index (χ4v) is 2.50. The molecule has 1 aromatic heterocycles. The summed E-state index contributed by atoms with van der Waals surface area (Å²) in [5, 5.41) is 5.90. The average Bonchev–Trinajstić information content (AvgIpc) is 2.52. The summed E-state index contributed by atoms with van der Waals surface area (Å²) in [5.74, 6) is 1.29. The number of hydrogen-bond acceptors (Lipinski definition) is 5. The zero-order valence-electron chi connectivity index (χ0n) is 14.8. The van der Waals surface area contributed by atoms with Gasteiger partial charge in [-0.2, -0.15) is 13.2 Å². The molecule has 2 rings (SSSR count). The van der Waals surface area contributed by atoms with E-state index in [1.165, 1.54) is 12.1 Å². The fraction of sp³-hybridized carbons (Fsp3) is 0.412. The van der Waals surface area contributed by atoms with Gasteiger partial charge in [-0.15, -0.1) is 0 Å². The Morgan fingerprint density at radius 1 is 1.12 bits per heavy atom. The molecule has 0 spiro atoms. The van der Waals surface area contributed by atoms with Gasteiger partial charge in [0.1, 0.15) is 17.5 Å². The molecule has 0 bridgehead atoms. The van der Waals surface area contributed by atoms with Gasteiger partial charge in [-0.25, -0.2) is 9.97 Å². The molecule has 1 aromatic carbocycles. The van der Waals surface area contributed by atoms with E-state index in [-0.39, 0.29) is 16.5 Å². The number of alkyl halides is 3. The Bertz CT molecular complexity index is 750. The second-order valence-corrected chi connectivity index (χ2v) is 6.52. The van der Waals surface area contributed by atoms with Crippen molar-refractivity contribution in [3.63, 3.8) is 0 Å². The van der Waals surface area contributed by atoms with Crippen LogP contribution in [0.4, 0.5) is 30.5 Å². The SMILES string of the molecule is Cc1nc(NCCCN(C)C)cc(Nc2ccc(Cl)cc2C(F)(F)F)n1. The van der Waals surface area contributed by atoms with E-state index in [0.29, 0.717) is 18.2 Å². The van der Waals surface area contributed by atoms with Crippen LogP contribution >= 0.6 is 11.6 Å². The van der Waals surface area contributed by atoms with Crippen molar-refractivity contribution in [1.29, 1.82) is 0 Å². The molecule has 0 aliphatic rings. The first-order valence-electron chi connectivity index (χ1n) is 8.03. The third-order valence-electron chi connectivity index (χ3n) is 3.48. The molecule has 0 fully saturated rings. The summed E-state index contributed by atoms with van der Waals surface area (Å²) in [6.07, 6.45) is -3.61. The first-order chi connectivity index (χ1) is 12.1. The second-order valence-electron chi connectivity index (χ2n) is 6.08. The van der Waals surface area contributed by atoms with Gasteiger partial charge in [0.2, 0.25) is 0 Å². The van der Waals surface area contributed by atoms with Crippen LogP contribution in [0.3, 0.4) is 0 Å². The summed E-state index contributed by atoms with van der Waals surface area (Å²) >= 11 is 5.70. The predicted octanol–water partition coefficient (Wildman–Crippen LogP) is 4.56. The van der Waals surface area contributed by atoms with Gasteiger partial charge in [0, 0.05) is 17.6 Å². The van der Waals surface area contributed by atoms with E-state index in [2.05, 4.69) is 25.5 Å². The Hall–Kier alpha value is -2.06. The molecular weight excluding hydrogens is 367 g/mol. The summed E-state index contributed by atoms with van der Waals surface area (Å²) in [6, 6.07) is 5.15. The van der Waals surface area contributed by atoms with E-state index < -0.39 is 11.7 Å². The third kappa shape index (κ3) is 6.03. The van der Waals surface area contributed by atoms with Crippen LogP contribution in [0.25, 0.3) is 0 Å². The van der Waals surface area contributed by atoms with Crippen LogP contribution in [-0.4, -0.2) is 42.1 Å². The van der Waals surface area contributed by atoms with Crippen LogP contribution in [0.5, 0.6) is 0 Å². The molecule has 0 atom stereocenters. The van der Waals surface area contributed by atoms with E-state index in [1.807, 2.05) is 14.1 Å². The van der Waals surface area contributed by atoms with Gasteiger partial charge in [0.25, 0.3) is 0 Å². The van der Waals surface area contributed by atoms with Crippen molar-refractivity contribution in [2.45, 2.75) is 19.5 Å². The topological polar surface area (TPSA) is 53.1 Å². The van der Waals surface area contributed by atoms with Crippen molar-refractivity contribution in [3.8, 4) is 0 Å². The predicted molar refractivity (Wildman–Crippen MR) is 98.2 cm³/mol. The monoisotopic (exact) mass is 387 g/mol. The molecule has 9 heteroatoms. The number of anilines is 3. The largest absolute Gasteiger partial charge is 0.418 e. The van der Waals surface area contributed by atoms with Gasteiger partial charge in [-0.05, 0) is 52.2 Å². The number of halogens is 4. The minimum atomic E-state index is -4.53. The molecule has 0 amide bonds. The van der Waals surface area contributed by atoms with Crippen molar-refractivity contribution in [2.24, 2.45) is 0 Å². The van der Waals surface area contributed by atoms with E-state index in [1.54, 1.807) is 13.0 Å². The standard InChI is InChI=1S/C17H21ClF3N5/c1-11-23-15(22-7-4-8-26(2)3)10-16(24-11)25-14-6-5-12(18)9-13(14)17(19,20)21/h5-6,9-10H,4,7-8H2,1-3H3,(H2,22,23,24,25). The molecule has 5 nitrogen and oxygen atoms in total. The smallest absolute Gasteiger partial charge is 0.370 e. The summed E-state index contributed by atoms with van der Waals surface area (Å²) < 4.78 is 39.6. The maximum atomic E-state index is 13.2. The minimum Gasteiger partial charge on any atom is -0.370 e. The first-order valence-corrected chi connectivity index (χ1v) is 8.41. The molecule has 2 aromatic rings. The molecule has 0 aliphatic heterocycles. The zero-order valence-corrected chi connectivity index (χ0v) is 15.5. The van der Waals surface area contributed by atoms with Crippen molar-refractivity contribution in [2.75, 3.05) is 37.8 Å². The Morgan fingerprint density at radius 2 is 1.81 bits per heavy atom. The Morgan fingerprint density at radius 3 is 2.46 bits per heavy atom. The molecule has 142 valence electrons. The third-order valence-corrected chi connectivity index (χ3v) is 3.71. The number of nitrogens with zero attached hydrogens (tertiary/aromatic N) is 3. The highest BCUT2D eigenvalue weighted by Crippen LogP contribution is 2.37. The fourth-order valence-electron chi connectivity index (χ4n) is 2.33. The lowest BCUT2D eigenvalue weighted by Crippen LogP contribution is -2.17. The molecule has 1 heterocycles. The normalized spacial score (nSPS) is 11.7. The van der Waals surface area contributed by atoms with Crippen LogP contribution in [0, 0.1) is 6.92 Å². The number of aromatic nitrogens is 2. The number of nitrogens with one attached hydrogen (secondary N) is 2. The molecular formula is C17H21ClF3N5. The number of rotatable bonds is 7. The first kappa shape index (κ1) is 20.3. The van der Waals surface area contributed by atoms with Crippen LogP contribution in [0.15, 0.2) is 24.3 Å². The highest BCUT2D eigenvalue weighted by atomic mass is 35.5. The van der Waals surface area contributed by atoms with E-state index >= 15 is 0 Å². The zero-order chi connectivity index (χ0) is 19.3. The Balaban J connectivity index is 2.17. The maximum absolute atomic E-state index is 13.2. The lowest BCUT2D eigenvalue weighted by Gasteiger charge is -2.15. The van der Waals surface area contributed by atoms with E-state index in [9.17, 15) is 13.2 Å². The van der Waals surface area contributed by atoms with Crippen molar-refractivity contribution in [1.82, 2.24) is 14.9 Å². The van der Waals surface area contributed by atoms with Crippen LogP contribution in [-0.2, 0) is 6.18 Å². The number of aryl methyl sites for hydroxylation is 1. The molecule has 0 saturated carbocycles. The summed E-state index contributed by atoms with van der Waals surface area (Å²) in [7, 11) is 3.97. The molecule has 0 aliphatic carbocycles. The quantitative estimate of drug-likeness (QED) is 0.682. The highest BCUT2D eigenvalue weighted by Gasteiger charge is 2.34. The number of benzene rings is 1. The van der Waals surface area contributed by atoms with Gasteiger partial charge in [0.05, 0.1) is 11.3 Å². The second kappa shape index (κ2) is 8.55. The van der Waals surface area contributed by atoms with Crippen LogP contribution in [0.1, 0.15) is 17.8 Å². The van der Waals surface area contributed by atoms with E-state index in [4.69, 9.17) is 11.6 Å². The van der Waals surface area contributed by atoms with Crippen LogP contribution in [0.2, 0.25) is 5.02 Å². The molecule has 2 N–H and O–H groups in total. The summed E-state index contributed by atoms with van der Waals surface area (Å²) in [6.45, 7) is 3.30. The molecule has 0 saturated heterocycles. The van der Waals surface area contributed by atoms with Gasteiger partial charge in [-0.1, -0.05) is 11.6 Å². The van der Waals surface area contributed by atoms with Crippen molar-refractivity contribution >= 4 is 28.9 Å². The van der Waals surface area contributed by atoms with Crippen LogP contribution < -0.4 is 10.6 Å². The number of hydrogen-bond donors (Lipinski definition) is 2. The molecule has 26 heavy (non-hydrogen) atoms. The molecule has 0 unspecified atom stereocenters. The highest BCUT2D eigenvalue weighted by molar-refractivity contribution is 6.30. The van der Waals surface area contributed by atoms with Gasteiger partial charge >= 0.3 is 6.18 Å². The summed E-state index contributed by atoms with van der Waals surface area (Å²) in [4.78, 5) is 10.5. The lowest BCUT2D eigenvalue weighted by atomic mass is 10.1.